The van der Waals surface area contributed by atoms with Crippen molar-refractivity contribution < 1.29 is 19.4 Å². The number of thioether (sulfide) groups is 1. The SMILES string of the molecule is O=C(O)CCN1C(=O)C(=CC=Cc2c[nH]c3ccc(OCc4ccccc4)cc23)SC1=S. The molecule has 2 aromatic carbocycles. The topological polar surface area (TPSA) is 82.6 Å². The van der Waals surface area contributed by atoms with E-state index in [1.54, 1.807) is 12.2 Å². The molecule has 0 radical (unpaired) electrons. The minimum absolute atomic E-state index is 0.0786. The molecule has 8 heteroatoms. The number of carbonyl (C=O) groups excluding carboxylic acids is 1. The van der Waals surface area contributed by atoms with Crippen LogP contribution in [0.15, 0.2) is 71.8 Å². The van der Waals surface area contributed by atoms with Crippen LogP contribution in [-0.4, -0.2) is 37.7 Å². The molecular weight excluding hydrogens is 444 g/mol. The third-order valence-corrected chi connectivity index (χ3v) is 6.28. The highest BCUT2D eigenvalue weighted by Crippen LogP contribution is 2.31. The fraction of sp³-hybridized carbons (Fsp3) is 0.125. The van der Waals surface area contributed by atoms with Crippen LogP contribution < -0.4 is 4.74 Å². The number of allylic oxidation sites excluding steroid dienone is 2. The lowest BCUT2D eigenvalue weighted by Crippen LogP contribution is -2.30. The number of carboxylic acid groups (broad SMARTS) is 1. The molecule has 1 amide bonds. The summed E-state index contributed by atoms with van der Waals surface area (Å²) >= 11 is 6.38. The molecule has 3 aromatic rings. The molecule has 0 unspecified atom stereocenters. The van der Waals surface area contributed by atoms with Crippen molar-refractivity contribution in [2.24, 2.45) is 0 Å². The van der Waals surface area contributed by atoms with E-state index in [4.69, 9.17) is 22.1 Å². The summed E-state index contributed by atoms with van der Waals surface area (Å²) in [5.74, 6) is -0.453. The molecule has 4 rings (SSSR count). The van der Waals surface area contributed by atoms with Gasteiger partial charge in [0.25, 0.3) is 5.91 Å². The number of carbonyl (C=O) groups is 2. The van der Waals surface area contributed by atoms with Gasteiger partial charge in [-0.1, -0.05) is 66.5 Å². The van der Waals surface area contributed by atoms with Crippen LogP contribution in [0.1, 0.15) is 17.5 Å². The van der Waals surface area contributed by atoms with E-state index in [0.29, 0.717) is 15.8 Å². The van der Waals surface area contributed by atoms with E-state index in [-0.39, 0.29) is 18.9 Å². The van der Waals surface area contributed by atoms with E-state index in [1.165, 1.54) is 16.7 Å². The van der Waals surface area contributed by atoms with Crippen LogP contribution in [0.3, 0.4) is 0 Å². The summed E-state index contributed by atoms with van der Waals surface area (Å²) in [4.78, 5) is 28.3. The van der Waals surface area contributed by atoms with Crippen molar-refractivity contribution in [2.75, 3.05) is 6.54 Å². The molecule has 0 spiro atoms. The average Bonchev–Trinajstić information content (AvgIpc) is 3.31. The fourth-order valence-corrected chi connectivity index (χ4v) is 4.50. The summed E-state index contributed by atoms with van der Waals surface area (Å²) in [6.07, 6.45) is 7.16. The molecule has 0 bridgehead atoms. The zero-order chi connectivity index (χ0) is 22.5. The molecule has 0 saturated carbocycles. The summed E-state index contributed by atoms with van der Waals surface area (Å²) < 4.78 is 6.31. The van der Waals surface area contributed by atoms with E-state index in [9.17, 15) is 9.59 Å². The Labute approximate surface area is 194 Å². The van der Waals surface area contributed by atoms with Gasteiger partial charge >= 0.3 is 5.97 Å². The summed E-state index contributed by atoms with van der Waals surface area (Å²) in [6, 6.07) is 15.9. The molecular formula is C24H20N2O4S2. The molecule has 2 heterocycles. The van der Waals surface area contributed by atoms with Gasteiger partial charge in [-0.05, 0) is 35.4 Å². The molecule has 1 saturated heterocycles. The van der Waals surface area contributed by atoms with E-state index in [1.807, 2.05) is 60.8 Å². The number of nitrogens with one attached hydrogen (secondary N) is 1. The Balaban J connectivity index is 1.46. The number of benzene rings is 2. The third kappa shape index (κ3) is 5.09. The van der Waals surface area contributed by atoms with Crippen molar-refractivity contribution >= 4 is 57.2 Å². The first kappa shape index (κ1) is 21.9. The molecule has 32 heavy (non-hydrogen) atoms. The number of carboxylic acids is 1. The van der Waals surface area contributed by atoms with Gasteiger partial charge in [-0.25, -0.2) is 0 Å². The molecule has 0 atom stereocenters. The number of aromatic nitrogens is 1. The lowest BCUT2D eigenvalue weighted by Gasteiger charge is -2.12. The van der Waals surface area contributed by atoms with Crippen LogP contribution in [0, 0.1) is 0 Å². The van der Waals surface area contributed by atoms with Gasteiger partial charge in [-0.3, -0.25) is 14.5 Å². The Kier molecular flexibility index (Phi) is 6.72. The number of ether oxygens (including phenoxy) is 1. The average molecular weight is 465 g/mol. The van der Waals surface area contributed by atoms with Gasteiger partial charge in [0.1, 0.15) is 16.7 Å². The number of fused-ring (bicyclic) bond motifs is 1. The molecule has 2 N–H and O–H groups in total. The first-order chi connectivity index (χ1) is 15.5. The van der Waals surface area contributed by atoms with Crippen molar-refractivity contribution in [1.82, 2.24) is 9.88 Å². The predicted molar refractivity (Wildman–Crippen MR) is 130 cm³/mol. The molecule has 1 fully saturated rings. The van der Waals surface area contributed by atoms with Gasteiger partial charge in [0.05, 0.1) is 11.3 Å². The Morgan fingerprint density at radius 2 is 2.03 bits per heavy atom. The van der Waals surface area contributed by atoms with Gasteiger partial charge in [-0.2, -0.15) is 0 Å². The maximum absolute atomic E-state index is 12.5. The zero-order valence-corrected chi connectivity index (χ0v) is 18.6. The van der Waals surface area contributed by atoms with E-state index in [2.05, 4.69) is 4.98 Å². The minimum Gasteiger partial charge on any atom is -0.489 e. The number of aromatic amines is 1. The van der Waals surface area contributed by atoms with Crippen molar-refractivity contribution in [3.63, 3.8) is 0 Å². The standard InChI is InChI=1S/C24H20N2O4S2/c27-22(28)11-12-26-23(29)21(32-24(26)31)8-4-7-17-14-25-20-10-9-18(13-19(17)20)30-15-16-5-2-1-3-6-16/h1-10,13-14,25H,11-12,15H2,(H,27,28). The van der Waals surface area contributed by atoms with Gasteiger partial charge in [0.2, 0.25) is 0 Å². The number of rotatable bonds is 8. The van der Waals surface area contributed by atoms with E-state index >= 15 is 0 Å². The maximum Gasteiger partial charge on any atom is 0.305 e. The summed E-state index contributed by atoms with van der Waals surface area (Å²) in [7, 11) is 0. The number of H-pyrrole nitrogens is 1. The lowest BCUT2D eigenvalue weighted by atomic mass is 10.1. The van der Waals surface area contributed by atoms with Crippen molar-refractivity contribution in [1.29, 1.82) is 0 Å². The largest absolute Gasteiger partial charge is 0.489 e. The number of hydrogen-bond donors (Lipinski definition) is 2. The van der Waals surface area contributed by atoms with Gasteiger partial charge in [-0.15, -0.1) is 0 Å². The second-order valence-corrected chi connectivity index (χ2v) is 8.76. The van der Waals surface area contributed by atoms with Crippen LogP contribution in [-0.2, 0) is 16.2 Å². The molecule has 1 aliphatic rings. The number of hydrogen-bond acceptors (Lipinski definition) is 5. The van der Waals surface area contributed by atoms with Crippen molar-refractivity contribution in [2.45, 2.75) is 13.0 Å². The van der Waals surface area contributed by atoms with Crippen LogP contribution in [0.5, 0.6) is 5.75 Å². The Morgan fingerprint density at radius 1 is 1.22 bits per heavy atom. The minimum atomic E-state index is -0.964. The highest BCUT2D eigenvalue weighted by molar-refractivity contribution is 8.26. The van der Waals surface area contributed by atoms with Crippen LogP contribution in [0.2, 0.25) is 0 Å². The van der Waals surface area contributed by atoms with Crippen LogP contribution >= 0.6 is 24.0 Å². The second kappa shape index (κ2) is 9.84. The lowest BCUT2D eigenvalue weighted by molar-refractivity contribution is -0.137. The monoisotopic (exact) mass is 464 g/mol. The van der Waals surface area contributed by atoms with Gasteiger partial charge in [0.15, 0.2) is 0 Å². The number of thiocarbonyl (C=S) groups is 1. The quantitative estimate of drug-likeness (QED) is 0.361. The summed E-state index contributed by atoms with van der Waals surface area (Å²) in [6.45, 7) is 0.570. The highest BCUT2D eigenvalue weighted by atomic mass is 32.2. The van der Waals surface area contributed by atoms with Crippen molar-refractivity contribution in [3.8, 4) is 5.75 Å². The zero-order valence-electron chi connectivity index (χ0n) is 17.0. The Hall–Kier alpha value is -3.36. The smallest absolute Gasteiger partial charge is 0.305 e. The van der Waals surface area contributed by atoms with Crippen LogP contribution in [0.25, 0.3) is 17.0 Å². The second-order valence-electron chi connectivity index (χ2n) is 7.08. The molecule has 162 valence electrons. The first-order valence-corrected chi connectivity index (χ1v) is 11.2. The number of amides is 1. The summed E-state index contributed by atoms with van der Waals surface area (Å²) in [5.41, 5.74) is 3.04. The van der Waals surface area contributed by atoms with Crippen molar-refractivity contribution in [3.05, 3.63) is 82.9 Å². The number of aliphatic carboxylic acids is 1. The first-order valence-electron chi connectivity index (χ1n) is 9.93. The highest BCUT2D eigenvalue weighted by Gasteiger charge is 2.31. The van der Waals surface area contributed by atoms with Crippen LogP contribution in [0.4, 0.5) is 0 Å². The molecule has 1 aromatic heterocycles. The van der Waals surface area contributed by atoms with E-state index < -0.39 is 5.97 Å². The number of nitrogens with zero attached hydrogens (tertiary/aromatic N) is 1. The maximum atomic E-state index is 12.5. The normalized spacial score (nSPS) is 15.4. The van der Waals surface area contributed by atoms with E-state index in [0.717, 1.165) is 27.8 Å². The molecule has 0 aliphatic carbocycles. The van der Waals surface area contributed by atoms with Gasteiger partial charge in [0, 0.05) is 23.6 Å². The Bertz CT molecular complexity index is 1230. The fourth-order valence-electron chi connectivity index (χ4n) is 3.24. The predicted octanol–water partition coefficient (Wildman–Crippen LogP) is 4.98. The van der Waals surface area contributed by atoms with Gasteiger partial charge < -0.3 is 14.8 Å². The molecule has 6 nitrogen and oxygen atoms in total. The Morgan fingerprint density at radius 3 is 2.81 bits per heavy atom. The summed E-state index contributed by atoms with van der Waals surface area (Å²) in [5, 5.41) is 9.84. The molecule has 1 aliphatic heterocycles. The third-order valence-electron chi connectivity index (χ3n) is 4.88.